The lowest BCUT2D eigenvalue weighted by Crippen LogP contribution is -2.40. The molecule has 0 radical (unpaired) electrons. The Hall–Kier alpha value is -1.60. The molecule has 2 rings (SSSR count). The van der Waals surface area contributed by atoms with Crippen LogP contribution in [0.3, 0.4) is 0 Å². The van der Waals surface area contributed by atoms with Crippen molar-refractivity contribution in [3.63, 3.8) is 0 Å². The molecule has 2 N–H and O–H groups in total. The summed E-state index contributed by atoms with van der Waals surface area (Å²) in [6, 6.07) is 5.20. The van der Waals surface area contributed by atoms with Crippen molar-refractivity contribution < 1.29 is 9.59 Å². The van der Waals surface area contributed by atoms with Gasteiger partial charge in [-0.25, -0.2) is 4.79 Å². The molecular formula is C17H23N3O2S2. The first kappa shape index (κ1) is 18.7. The third-order valence-electron chi connectivity index (χ3n) is 3.88. The number of hydrogen-bond acceptors (Lipinski definition) is 4. The number of amides is 3. The minimum Gasteiger partial charge on any atom is -0.358 e. The van der Waals surface area contributed by atoms with Crippen molar-refractivity contribution in [2.75, 3.05) is 18.4 Å². The minimum atomic E-state index is -0.522. The summed E-state index contributed by atoms with van der Waals surface area (Å²) < 4.78 is 0.727. The Morgan fingerprint density at radius 1 is 1.25 bits per heavy atom. The fourth-order valence-electron chi connectivity index (χ4n) is 2.50. The van der Waals surface area contributed by atoms with E-state index < -0.39 is 11.3 Å². The lowest BCUT2D eigenvalue weighted by atomic mass is 10.1. The quantitative estimate of drug-likeness (QED) is 0.804. The summed E-state index contributed by atoms with van der Waals surface area (Å²) in [6.45, 7) is 7.56. The van der Waals surface area contributed by atoms with E-state index in [2.05, 4.69) is 15.5 Å². The number of anilines is 1. The van der Waals surface area contributed by atoms with Gasteiger partial charge in [-0.05, 0) is 45.2 Å². The van der Waals surface area contributed by atoms with E-state index in [0.717, 1.165) is 41.4 Å². The molecule has 0 saturated carbocycles. The van der Waals surface area contributed by atoms with Crippen LogP contribution in [-0.4, -0.2) is 39.5 Å². The van der Waals surface area contributed by atoms with Crippen LogP contribution in [0.5, 0.6) is 0 Å². The number of thioether (sulfide) groups is 1. The lowest BCUT2D eigenvalue weighted by molar-refractivity contribution is -0.119. The van der Waals surface area contributed by atoms with E-state index in [-0.39, 0.29) is 5.91 Å². The third kappa shape index (κ3) is 5.21. The number of nitrogens with one attached hydrogen (secondary N) is 2. The van der Waals surface area contributed by atoms with Gasteiger partial charge < -0.3 is 10.2 Å². The molecule has 0 aliphatic carbocycles. The molecule has 5 nitrogen and oxygen atoms in total. The number of urea groups is 1. The Morgan fingerprint density at radius 3 is 2.54 bits per heavy atom. The van der Waals surface area contributed by atoms with Crippen molar-refractivity contribution in [1.82, 2.24) is 10.2 Å². The highest BCUT2D eigenvalue weighted by Gasteiger charge is 2.22. The number of rotatable bonds is 3. The molecule has 1 heterocycles. The van der Waals surface area contributed by atoms with E-state index in [0.29, 0.717) is 5.69 Å². The van der Waals surface area contributed by atoms with E-state index in [1.54, 1.807) is 6.92 Å². The monoisotopic (exact) mass is 365 g/mol. The summed E-state index contributed by atoms with van der Waals surface area (Å²) >= 11 is 6.69. The van der Waals surface area contributed by atoms with E-state index in [4.69, 9.17) is 12.2 Å². The van der Waals surface area contributed by atoms with Gasteiger partial charge >= 0.3 is 6.03 Å². The van der Waals surface area contributed by atoms with Crippen LogP contribution in [0.25, 0.3) is 0 Å². The number of benzene rings is 1. The molecule has 24 heavy (non-hydrogen) atoms. The van der Waals surface area contributed by atoms with Gasteiger partial charge in [-0.15, -0.1) is 0 Å². The smallest absolute Gasteiger partial charge is 0.325 e. The lowest BCUT2D eigenvalue weighted by Gasteiger charge is -2.20. The fraction of sp³-hybridized carbons (Fsp3) is 0.471. The van der Waals surface area contributed by atoms with Crippen LogP contribution in [0.4, 0.5) is 10.5 Å². The highest BCUT2D eigenvalue weighted by molar-refractivity contribution is 8.23. The van der Waals surface area contributed by atoms with Gasteiger partial charge in [0.05, 0.1) is 5.25 Å². The standard InChI is InChI=1S/C17H23N3O2S2/c1-11-6-7-14(12(2)10-11)18-16(22)19-15(21)13(3)24-17(23)20-8-4-5-9-20/h6-7,10,13H,4-5,8-9H2,1-3H3,(H2,18,19,21,22). The Bertz CT molecular complexity index is 643. The summed E-state index contributed by atoms with van der Waals surface area (Å²) in [5.41, 5.74) is 2.77. The van der Waals surface area contributed by atoms with Gasteiger partial charge in [-0.1, -0.05) is 41.7 Å². The SMILES string of the molecule is Cc1ccc(NC(=O)NC(=O)C(C)SC(=S)N2CCCC2)c(C)c1. The minimum absolute atomic E-state index is 0.344. The molecular weight excluding hydrogens is 342 g/mol. The first-order valence-electron chi connectivity index (χ1n) is 8.01. The number of hydrogen-bond donors (Lipinski definition) is 2. The Kier molecular flexibility index (Phi) is 6.62. The predicted molar refractivity (Wildman–Crippen MR) is 104 cm³/mol. The van der Waals surface area contributed by atoms with Crippen LogP contribution in [0.1, 0.15) is 30.9 Å². The maximum Gasteiger partial charge on any atom is 0.325 e. The second-order valence-electron chi connectivity index (χ2n) is 5.98. The average molecular weight is 366 g/mol. The molecule has 1 aliphatic heterocycles. The van der Waals surface area contributed by atoms with Gasteiger partial charge in [0.15, 0.2) is 0 Å². The van der Waals surface area contributed by atoms with Crippen LogP contribution >= 0.6 is 24.0 Å². The predicted octanol–water partition coefficient (Wildman–Crippen LogP) is 3.45. The van der Waals surface area contributed by atoms with Crippen LogP contribution in [0, 0.1) is 13.8 Å². The van der Waals surface area contributed by atoms with Crippen LogP contribution in [0.15, 0.2) is 18.2 Å². The maximum absolute atomic E-state index is 12.2. The molecule has 1 fully saturated rings. The second-order valence-corrected chi connectivity index (χ2v) is 7.96. The zero-order valence-corrected chi connectivity index (χ0v) is 15.9. The molecule has 0 spiro atoms. The van der Waals surface area contributed by atoms with Gasteiger partial charge in [0.1, 0.15) is 4.32 Å². The zero-order valence-electron chi connectivity index (χ0n) is 14.2. The molecule has 1 saturated heterocycles. The van der Waals surface area contributed by atoms with E-state index in [1.165, 1.54) is 11.8 Å². The first-order chi connectivity index (χ1) is 11.4. The summed E-state index contributed by atoms with van der Waals surface area (Å²) in [7, 11) is 0. The number of thiocarbonyl (C=S) groups is 1. The van der Waals surface area contributed by atoms with E-state index in [1.807, 2.05) is 32.0 Å². The number of nitrogens with zero attached hydrogens (tertiary/aromatic N) is 1. The highest BCUT2D eigenvalue weighted by Crippen LogP contribution is 2.20. The van der Waals surface area contributed by atoms with Crippen molar-refractivity contribution in [2.45, 2.75) is 38.9 Å². The summed E-state index contributed by atoms with van der Waals surface area (Å²) in [5.74, 6) is -0.344. The summed E-state index contributed by atoms with van der Waals surface area (Å²) in [5, 5.41) is 4.67. The molecule has 1 aromatic rings. The molecule has 1 unspecified atom stereocenters. The third-order valence-corrected chi connectivity index (χ3v) is 5.45. The summed E-state index contributed by atoms with van der Waals surface area (Å²) in [4.78, 5) is 26.3. The van der Waals surface area contributed by atoms with E-state index >= 15 is 0 Å². The van der Waals surface area contributed by atoms with Crippen molar-refractivity contribution in [2.24, 2.45) is 0 Å². The normalized spacial score (nSPS) is 15.0. The number of imide groups is 1. The van der Waals surface area contributed by atoms with Crippen LogP contribution in [-0.2, 0) is 4.79 Å². The average Bonchev–Trinajstić information content (AvgIpc) is 3.04. The van der Waals surface area contributed by atoms with E-state index in [9.17, 15) is 9.59 Å². The van der Waals surface area contributed by atoms with Crippen LogP contribution in [0.2, 0.25) is 0 Å². The number of aryl methyl sites for hydroxylation is 2. The molecule has 3 amide bonds. The number of carbonyl (C=O) groups is 2. The fourth-order valence-corrected chi connectivity index (χ4v) is 3.92. The zero-order chi connectivity index (χ0) is 17.7. The van der Waals surface area contributed by atoms with Gasteiger partial charge in [0, 0.05) is 18.8 Å². The Morgan fingerprint density at radius 2 is 1.92 bits per heavy atom. The Labute approximate surface area is 152 Å². The van der Waals surface area contributed by atoms with Crippen molar-refractivity contribution in [3.8, 4) is 0 Å². The number of carbonyl (C=O) groups excluding carboxylic acids is 2. The first-order valence-corrected chi connectivity index (χ1v) is 9.30. The molecule has 1 aliphatic rings. The highest BCUT2D eigenvalue weighted by atomic mass is 32.2. The van der Waals surface area contributed by atoms with Gasteiger partial charge in [-0.2, -0.15) is 0 Å². The number of likely N-dealkylation sites (tertiary alicyclic amines) is 1. The second kappa shape index (κ2) is 8.48. The molecule has 0 aromatic heterocycles. The molecule has 1 aromatic carbocycles. The topological polar surface area (TPSA) is 61.4 Å². The van der Waals surface area contributed by atoms with Crippen molar-refractivity contribution in [3.05, 3.63) is 29.3 Å². The van der Waals surface area contributed by atoms with Gasteiger partial charge in [0.2, 0.25) is 5.91 Å². The van der Waals surface area contributed by atoms with Gasteiger partial charge in [0.25, 0.3) is 0 Å². The summed E-state index contributed by atoms with van der Waals surface area (Å²) in [6.07, 6.45) is 2.28. The largest absolute Gasteiger partial charge is 0.358 e. The van der Waals surface area contributed by atoms with Gasteiger partial charge in [-0.3, -0.25) is 10.1 Å². The van der Waals surface area contributed by atoms with Crippen molar-refractivity contribution >= 4 is 45.9 Å². The maximum atomic E-state index is 12.2. The van der Waals surface area contributed by atoms with Crippen LogP contribution < -0.4 is 10.6 Å². The van der Waals surface area contributed by atoms with Crippen molar-refractivity contribution in [1.29, 1.82) is 0 Å². The Balaban J connectivity index is 1.83. The molecule has 0 bridgehead atoms. The molecule has 1 atom stereocenters. The molecule has 130 valence electrons. The molecule has 7 heteroatoms.